The molecule has 0 spiro atoms. The summed E-state index contributed by atoms with van der Waals surface area (Å²) in [4.78, 5) is 3.05. The summed E-state index contributed by atoms with van der Waals surface area (Å²) in [5.41, 5.74) is 6.89. The van der Waals surface area contributed by atoms with E-state index in [9.17, 15) is 0 Å². The second-order valence-corrected chi connectivity index (χ2v) is 23.3. The Labute approximate surface area is 457 Å². The predicted octanol–water partition coefficient (Wildman–Crippen LogP) is 11.7. The maximum absolute atomic E-state index is 16.6. The highest BCUT2D eigenvalue weighted by Gasteiger charge is 2.51. The Bertz CT molecular complexity index is 4450. The van der Waals surface area contributed by atoms with E-state index in [0.717, 1.165) is 40.4 Å². The number of ether oxygens (including phenoxy) is 4. The van der Waals surface area contributed by atoms with Crippen LogP contribution in [0.1, 0.15) is 16.7 Å². The molecule has 19 heteroatoms. The summed E-state index contributed by atoms with van der Waals surface area (Å²) in [6, 6.07) is 29.8. The van der Waals surface area contributed by atoms with Crippen molar-refractivity contribution >= 4 is 145 Å². The number of hydrogen-bond acceptors (Lipinski definition) is 8. The van der Waals surface area contributed by atoms with Crippen LogP contribution in [0.4, 0.5) is 69.2 Å². The molecule has 80 heavy (non-hydrogen) atoms. The van der Waals surface area contributed by atoms with Gasteiger partial charge < -0.3 is 28.7 Å². The highest BCUT2D eigenvalue weighted by Crippen LogP contribution is 2.51. The van der Waals surface area contributed by atoms with Crippen molar-refractivity contribution in [2.45, 2.75) is 20.8 Å². The third-order valence-corrected chi connectivity index (χ3v) is 18.6. The van der Waals surface area contributed by atoms with Crippen LogP contribution < -0.4 is 76.5 Å². The van der Waals surface area contributed by atoms with Gasteiger partial charge in [-0.15, -0.1) is 22.7 Å². The first-order valence-electron chi connectivity index (χ1n) is 25.5. The van der Waals surface area contributed by atoms with Crippen molar-refractivity contribution in [1.29, 1.82) is 0 Å². The van der Waals surface area contributed by atoms with Gasteiger partial charge in [0.25, 0.3) is 20.1 Å². The molecule has 0 saturated carbocycles. The standard InChI is InChI=1S/C61H29B3F8N2O4S2/c1-24-10-41-53-45(12-24)77-58-51-37(71)16-27(65)18-49(51)79-60(58)63(53)29-20-31-43(22-39(29)73(41)56-33(67)6-4-7-34(56)68)75-47-14-26(3)15-48-55(47)62(31)32-21-30-40(23-44(32)76-48)74(57-35(69)8-5-9-36(57)70)42-11-25(2)13-46-54(42)64(30)61-59(78-46)52-38(72)17-28(66)19-50(52)80-61/h4-23H,1-3H3. The van der Waals surface area contributed by atoms with Gasteiger partial charge in [0.1, 0.15) is 104 Å². The number of aryl methyl sites for hydroxylation is 3. The van der Waals surface area contributed by atoms with Crippen molar-refractivity contribution < 1.29 is 54.1 Å². The average molecular weight is 1100 g/mol. The summed E-state index contributed by atoms with van der Waals surface area (Å²) >= 11 is 2.32. The first-order valence-corrected chi connectivity index (χ1v) is 27.1. The van der Waals surface area contributed by atoms with Gasteiger partial charge in [0.15, 0.2) is 0 Å². The Morgan fingerprint density at radius 1 is 0.362 bits per heavy atom. The van der Waals surface area contributed by atoms with Gasteiger partial charge >= 0.3 is 0 Å². The highest BCUT2D eigenvalue weighted by molar-refractivity contribution is 7.34. The minimum atomic E-state index is -0.846. The van der Waals surface area contributed by atoms with Crippen LogP contribution in [-0.2, 0) is 0 Å². The first-order chi connectivity index (χ1) is 38.6. The van der Waals surface area contributed by atoms with Crippen molar-refractivity contribution in [2.24, 2.45) is 0 Å². The number of para-hydroxylation sites is 2. The van der Waals surface area contributed by atoms with E-state index in [1.165, 1.54) is 58.3 Å². The molecule has 2 aromatic heterocycles. The summed E-state index contributed by atoms with van der Waals surface area (Å²) < 4.78 is 158. The summed E-state index contributed by atoms with van der Waals surface area (Å²) in [6.07, 6.45) is 0. The van der Waals surface area contributed by atoms with Crippen molar-refractivity contribution in [1.82, 2.24) is 0 Å². The van der Waals surface area contributed by atoms with Crippen LogP contribution in [-0.4, -0.2) is 20.1 Å². The zero-order chi connectivity index (χ0) is 54.2. The Balaban J connectivity index is 0.964. The van der Waals surface area contributed by atoms with Gasteiger partial charge in [-0.3, -0.25) is 0 Å². The third kappa shape index (κ3) is 6.05. The number of halogens is 8. The van der Waals surface area contributed by atoms with Gasteiger partial charge in [-0.2, -0.15) is 0 Å². The van der Waals surface area contributed by atoms with Gasteiger partial charge in [-0.25, -0.2) is 35.1 Å². The van der Waals surface area contributed by atoms with Crippen LogP contribution in [0.15, 0.2) is 121 Å². The molecule has 6 nitrogen and oxygen atoms in total. The van der Waals surface area contributed by atoms with Gasteiger partial charge in [0.2, 0.25) is 0 Å². The number of hydrogen-bond donors (Lipinski definition) is 0. The summed E-state index contributed by atoms with van der Waals surface area (Å²) in [5, 5.41) is 0.184. The number of anilines is 6. The molecule has 0 radical (unpaired) electrons. The number of fused-ring (bicyclic) bond motifs is 16. The largest absolute Gasteiger partial charge is 0.458 e. The third-order valence-electron chi connectivity index (χ3n) is 16.3. The molecule has 8 heterocycles. The second-order valence-electron chi connectivity index (χ2n) is 21.1. The smallest absolute Gasteiger partial charge is 0.268 e. The average Bonchev–Trinajstić information content (AvgIpc) is 4.09. The predicted molar refractivity (Wildman–Crippen MR) is 300 cm³/mol. The molecule has 6 aliphatic heterocycles. The molecule has 17 rings (SSSR count). The maximum Gasteiger partial charge on any atom is 0.268 e. The van der Waals surface area contributed by atoms with Crippen molar-refractivity contribution in [2.75, 3.05) is 9.80 Å². The monoisotopic (exact) mass is 1100 g/mol. The molecule has 0 amide bonds. The first kappa shape index (κ1) is 46.3. The fourth-order valence-electron chi connectivity index (χ4n) is 13.3. The van der Waals surface area contributed by atoms with E-state index in [4.69, 9.17) is 18.9 Å². The van der Waals surface area contributed by atoms with Crippen molar-refractivity contribution in [3.05, 3.63) is 185 Å². The van der Waals surface area contributed by atoms with Gasteiger partial charge in [-0.1, -0.05) is 24.3 Å². The highest BCUT2D eigenvalue weighted by atomic mass is 32.1. The number of benzene rings is 9. The quantitative estimate of drug-likeness (QED) is 0.127. The normalized spacial score (nSPS) is 14.2. The maximum atomic E-state index is 16.6. The van der Waals surface area contributed by atoms with E-state index in [1.807, 2.05) is 57.2 Å². The number of thiophene rings is 2. The molecular formula is C61H29B3F8N2O4S2. The minimum absolute atomic E-state index is 0.0922. The Hall–Kier alpha value is -8.67. The Morgan fingerprint density at radius 2 is 0.750 bits per heavy atom. The van der Waals surface area contributed by atoms with Crippen LogP contribution >= 0.6 is 22.7 Å². The molecule has 0 atom stereocenters. The topological polar surface area (TPSA) is 43.4 Å². The van der Waals surface area contributed by atoms with Crippen LogP contribution in [0.5, 0.6) is 46.0 Å². The van der Waals surface area contributed by atoms with Crippen LogP contribution in [0.25, 0.3) is 20.2 Å². The second kappa shape index (κ2) is 15.8. The fourth-order valence-corrected chi connectivity index (χ4v) is 15.9. The summed E-state index contributed by atoms with van der Waals surface area (Å²) in [5.74, 6) is -4.02. The molecule has 0 N–H and O–H groups in total. The van der Waals surface area contributed by atoms with Crippen LogP contribution in [0, 0.1) is 67.3 Å². The van der Waals surface area contributed by atoms with E-state index < -0.39 is 66.7 Å². The molecule has 0 bridgehead atoms. The lowest BCUT2D eigenvalue weighted by Gasteiger charge is -2.42. The zero-order valence-corrected chi connectivity index (χ0v) is 43.3. The molecule has 6 aliphatic rings. The molecule has 9 aromatic carbocycles. The summed E-state index contributed by atoms with van der Waals surface area (Å²) in [7, 11) is 0. The molecule has 11 aromatic rings. The van der Waals surface area contributed by atoms with Crippen molar-refractivity contribution in [3.8, 4) is 46.0 Å². The van der Waals surface area contributed by atoms with Gasteiger partial charge in [0.05, 0.1) is 10.8 Å². The summed E-state index contributed by atoms with van der Waals surface area (Å²) in [6.45, 7) is 3.25. The molecule has 0 fully saturated rings. The fraction of sp³-hybridized carbons (Fsp3) is 0.0492. The van der Waals surface area contributed by atoms with E-state index in [2.05, 4.69) is 0 Å². The lowest BCUT2D eigenvalue weighted by atomic mass is 9.31. The Morgan fingerprint density at radius 3 is 1.16 bits per heavy atom. The van der Waals surface area contributed by atoms with Crippen LogP contribution in [0.3, 0.4) is 0 Å². The lowest BCUT2D eigenvalue weighted by Crippen LogP contribution is -2.64. The SMILES string of the molecule is Cc1cc2c3c(c1)Oc1cc4c(cc1B3c1cc3c(cc1O2)N(c1c(F)cccc1F)c1cc(C)cc2c1B3c1sc3cc(F)cc(F)c3c1O2)B1c2sc3cc(F)cc(F)c3c2Oc2cc(C)cc(c21)N4c1c(F)cccc1F. The van der Waals surface area contributed by atoms with Gasteiger partial charge in [0, 0.05) is 71.4 Å². The number of nitrogens with zero attached hydrogens (tertiary/aromatic N) is 2. The molecule has 384 valence electrons. The van der Waals surface area contributed by atoms with Gasteiger partial charge in [-0.05, 0) is 143 Å². The molecule has 0 aliphatic carbocycles. The molecule has 0 unspecified atom stereocenters. The Kier molecular flexibility index (Phi) is 9.13. The van der Waals surface area contributed by atoms with E-state index in [-0.39, 0.29) is 33.6 Å². The van der Waals surface area contributed by atoms with Crippen LogP contribution in [0.2, 0.25) is 0 Å². The zero-order valence-electron chi connectivity index (χ0n) is 41.6. The minimum Gasteiger partial charge on any atom is -0.458 e. The van der Waals surface area contributed by atoms with E-state index >= 15 is 35.1 Å². The van der Waals surface area contributed by atoms with E-state index in [1.54, 1.807) is 24.3 Å². The van der Waals surface area contributed by atoms with E-state index in [0.29, 0.717) is 126 Å². The van der Waals surface area contributed by atoms with Crippen molar-refractivity contribution in [3.63, 3.8) is 0 Å². The number of rotatable bonds is 2. The lowest BCUT2D eigenvalue weighted by molar-refractivity contribution is 0.464. The molecular weight excluding hydrogens is 1070 g/mol. The molecule has 0 saturated heterocycles.